The summed E-state index contributed by atoms with van der Waals surface area (Å²) in [6, 6.07) is 0. The van der Waals surface area contributed by atoms with Crippen molar-refractivity contribution in [2.24, 2.45) is 10.9 Å². The minimum absolute atomic E-state index is 0.647. The quantitative estimate of drug-likeness (QED) is 0.861. The van der Waals surface area contributed by atoms with Gasteiger partial charge < -0.3 is 10.1 Å². The first-order chi connectivity index (χ1) is 10.3. The maximum absolute atomic E-state index is 6.13. The Labute approximate surface area is 130 Å². The predicted molar refractivity (Wildman–Crippen MR) is 90.2 cm³/mol. The molecule has 0 atom stereocenters. The van der Waals surface area contributed by atoms with Gasteiger partial charge in [-0.25, -0.2) is 4.99 Å². The van der Waals surface area contributed by atoms with Crippen LogP contribution in [0.4, 0.5) is 0 Å². The fourth-order valence-electron chi connectivity index (χ4n) is 3.25. The van der Waals surface area contributed by atoms with Gasteiger partial charge in [0, 0.05) is 15.6 Å². The Kier molecular flexibility index (Phi) is 4.76. The maximum atomic E-state index is 6.13. The van der Waals surface area contributed by atoms with Gasteiger partial charge in [0.05, 0.1) is 11.8 Å². The van der Waals surface area contributed by atoms with Crippen LogP contribution in [0, 0.1) is 5.92 Å². The normalized spacial score (nSPS) is 20.8. The zero-order chi connectivity index (χ0) is 14.7. The van der Waals surface area contributed by atoms with E-state index >= 15 is 0 Å². The Bertz CT molecular complexity index is 626. The first-order valence-corrected chi connectivity index (χ1v) is 8.77. The number of nitrogens with one attached hydrogen (secondary N) is 1. The fraction of sp³-hybridized carbons (Fsp3) is 0.588. The molecule has 2 heterocycles. The summed E-state index contributed by atoms with van der Waals surface area (Å²) in [5.74, 6) is 1.44. The van der Waals surface area contributed by atoms with Crippen molar-refractivity contribution < 1.29 is 4.74 Å². The van der Waals surface area contributed by atoms with E-state index in [-0.39, 0.29) is 0 Å². The Hall–Kier alpha value is -1.13. The number of nitrogens with zero attached hydrogens (tertiary/aromatic N) is 1. The lowest BCUT2D eigenvalue weighted by Crippen LogP contribution is -2.31. The molecule has 0 aromatic carbocycles. The van der Waals surface area contributed by atoms with Crippen LogP contribution in [0.3, 0.4) is 0 Å². The molecule has 0 spiro atoms. The predicted octanol–water partition coefficient (Wildman–Crippen LogP) is 1.82. The summed E-state index contributed by atoms with van der Waals surface area (Å²) < 4.78 is 7.25. The Morgan fingerprint density at radius 1 is 1.43 bits per heavy atom. The second-order valence-corrected chi connectivity index (χ2v) is 7.04. The molecular formula is C17H24N2OS. The van der Waals surface area contributed by atoms with Crippen LogP contribution in [0.15, 0.2) is 4.99 Å². The summed E-state index contributed by atoms with van der Waals surface area (Å²) in [6.07, 6.45) is 7.82. The SMILES string of the molecule is C=c1sc2c(/c1=C(/N=CC)OCC1CCNCC1)CCC2. The van der Waals surface area contributed by atoms with Gasteiger partial charge >= 0.3 is 0 Å². The van der Waals surface area contributed by atoms with Crippen molar-refractivity contribution in [3.8, 4) is 0 Å². The molecule has 0 radical (unpaired) electrons. The number of hydrogen-bond acceptors (Lipinski definition) is 4. The van der Waals surface area contributed by atoms with Crippen LogP contribution in [-0.2, 0) is 17.6 Å². The Morgan fingerprint density at radius 2 is 2.24 bits per heavy atom. The molecule has 1 aliphatic heterocycles. The van der Waals surface area contributed by atoms with Crippen LogP contribution in [0.1, 0.15) is 36.6 Å². The highest BCUT2D eigenvalue weighted by Crippen LogP contribution is 2.22. The zero-order valence-corrected chi connectivity index (χ0v) is 13.6. The van der Waals surface area contributed by atoms with Crippen molar-refractivity contribution in [2.45, 2.75) is 39.0 Å². The number of rotatable bonds is 4. The van der Waals surface area contributed by atoms with E-state index in [4.69, 9.17) is 4.74 Å². The number of hydrogen-bond donors (Lipinski definition) is 1. The summed E-state index contributed by atoms with van der Waals surface area (Å²) in [6.45, 7) is 9.15. The highest BCUT2D eigenvalue weighted by Gasteiger charge is 2.19. The molecule has 4 heteroatoms. The molecule has 114 valence electrons. The van der Waals surface area contributed by atoms with E-state index in [2.05, 4.69) is 16.9 Å². The molecule has 2 aliphatic rings. The van der Waals surface area contributed by atoms with Gasteiger partial charge in [-0.3, -0.25) is 0 Å². The first-order valence-electron chi connectivity index (χ1n) is 7.95. The summed E-state index contributed by atoms with van der Waals surface area (Å²) in [5.41, 5.74) is 1.44. The molecule has 0 unspecified atom stereocenters. The molecule has 1 aromatic heterocycles. The van der Waals surface area contributed by atoms with Gasteiger partial charge in [0.2, 0.25) is 5.88 Å². The van der Waals surface area contributed by atoms with E-state index in [0.29, 0.717) is 5.92 Å². The minimum Gasteiger partial charge on any atom is -0.477 e. The van der Waals surface area contributed by atoms with Crippen molar-refractivity contribution in [2.75, 3.05) is 19.7 Å². The second-order valence-electron chi connectivity index (χ2n) is 5.85. The number of thiophene rings is 1. The number of ether oxygens (including phenoxy) is 1. The van der Waals surface area contributed by atoms with Gasteiger partial charge in [-0.05, 0) is 63.6 Å². The molecule has 1 aromatic rings. The molecule has 1 fully saturated rings. The number of aliphatic imine (C=N–C) groups is 1. The molecule has 0 amide bonds. The molecule has 1 N–H and O–H groups in total. The maximum Gasteiger partial charge on any atom is 0.222 e. The van der Waals surface area contributed by atoms with Crippen LogP contribution in [0.2, 0.25) is 0 Å². The van der Waals surface area contributed by atoms with E-state index in [0.717, 1.165) is 36.5 Å². The number of fused-ring (bicyclic) bond motifs is 1. The summed E-state index contributed by atoms with van der Waals surface area (Å²) in [5, 5.41) is 4.58. The Morgan fingerprint density at radius 3 is 3.00 bits per heavy atom. The largest absolute Gasteiger partial charge is 0.477 e. The van der Waals surface area contributed by atoms with Crippen LogP contribution in [0.25, 0.3) is 12.5 Å². The molecule has 0 bridgehead atoms. The van der Waals surface area contributed by atoms with Crippen LogP contribution < -0.4 is 15.1 Å². The highest BCUT2D eigenvalue weighted by atomic mass is 32.1. The summed E-state index contributed by atoms with van der Waals surface area (Å²) in [4.78, 5) is 6.00. The third-order valence-electron chi connectivity index (χ3n) is 4.37. The van der Waals surface area contributed by atoms with Gasteiger partial charge in [0.1, 0.15) is 0 Å². The van der Waals surface area contributed by atoms with E-state index in [1.54, 1.807) is 0 Å². The standard InChI is InChI=1S/C17H24N2OS/c1-3-19-17(20-11-13-7-9-18-10-8-13)16-12(2)21-15-6-4-5-14(15)16/h3,13,18H,2,4-11H2,1H3/b17-16-,19-3?. The molecular weight excluding hydrogens is 280 g/mol. The second kappa shape index (κ2) is 6.75. The third kappa shape index (κ3) is 3.22. The first kappa shape index (κ1) is 14.8. The zero-order valence-electron chi connectivity index (χ0n) is 12.8. The minimum atomic E-state index is 0.647. The van der Waals surface area contributed by atoms with E-state index < -0.39 is 0 Å². The number of aryl methyl sites for hydroxylation is 1. The Balaban J connectivity index is 1.87. The van der Waals surface area contributed by atoms with Crippen LogP contribution in [0.5, 0.6) is 0 Å². The fourth-order valence-corrected chi connectivity index (χ4v) is 4.43. The topological polar surface area (TPSA) is 33.6 Å². The van der Waals surface area contributed by atoms with Gasteiger partial charge in [-0.2, -0.15) is 0 Å². The van der Waals surface area contributed by atoms with Crippen molar-refractivity contribution in [1.29, 1.82) is 0 Å². The van der Waals surface area contributed by atoms with Crippen molar-refractivity contribution >= 4 is 30.0 Å². The van der Waals surface area contributed by atoms with E-state index in [1.165, 1.54) is 41.3 Å². The van der Waals surface area contributed by atoms with Gasteiger partial charge in [-0.15, -0.1) is 11.3 Å². The lowest BCUT2D eigenvalue weighted by atomic mass is 9.99. The highest BCUT2D eigenvalue weighted by molar-refractivity contribution is 7.10. The third-order valence-corrected chi connectivity index (χ3v) is 5.52. The molecule has 3 rings (SSSR count). The van der Waals surface area contributed by atoms with Crippen molar-refractivity contribution in [3.05, 3.63) is 20.2 Å². The lowest BCUT2D eigenvalue weighted by Gasteiger charge is -2.22. The molecule has 1 aliphatic carbocycles. The van der Waals surface area contributed by atoms with E-state index in [1.807, 2.05) is 24.5 Å². The smallest absolute Gasteiger partial charge is 0.222 e. The van der Waals surface area contributed by atoms with Crippen molar-refractivity contribution in [1.82, 2.24) is 5.32 Å². The summed E-state index contributed by atoms with van der Waals surface area (Å²) >= 11 is 1.82. The van der Waals surface area contributed by atoms with Gasteiger partial charge in [0.25, 0.3) is 0 Å². The lowest BCUT2D eigenvalue weighted by molar-refractivity contribution is 0.183. The van der Waals surface area contributed by atoms with Gasteiger partial charge in [0.15, 0.2) is 0 Å². The average Bonchev–Trinajstić information content (AvgIpc) is 3.05. The van der Waals surface area contributed by atoms with Crippen LogP contribution in [-0.4, -0.2) is 25.9 Å². The van der Waals surface area contributed by atoms with Crippen LogP contribution >= 0.6 is 11.3 Å². The van der Waals surface area contributed by atoms with Crippen molar-refractivity contribution in [3.63, 3.8) is 0 Å². The molecule has 0 saturated carbocycles. The summed E-state index contributed by atoms with van der Waals surface area (Å²) in [7, 11) is 0. The molecule has 3 nitrogen and oxygen atoms in total. The van der Waals surface area contributed by atoms with Gasteiger partial charge in [-0.1, -0.05) is 6.58 Å². The molecule has 1 saturated heterocycles. The van der Waals surface area contributed by atoms with E-state index in [9.17, 15) is 0 Å². The molecule has 21 heavy (non-hydrogen) atoms. The average molecular weight is 304 g/mol. The number of piperidine rings is 1. The monoisotopic (exact) mass is 304 g/mol.